The van der Waals surface area contributed by atoms with Crippen LogP contribution in [0.5, 0.6) is 11.5 Å². The van der Waals surface area contributed by atoms with Gasteiger partial charge in [0.15, 0.2) is 19.0 Å². The second-order valence-electron chi connectivity index (χ2n) is 8.78. The van der Waals surface area contributed by atoms with E-state index in [1.807, 2.05) is 25.1 Å². The Morgan fingerprint density at radius 2 is 1.94 bits per heavy atom. The van der Waals surface area contributed by atoms with Crippen molar-refractivity contribution in [2.75, 3.05) is 18.1 Å². The quantitative estimate of drug-likeness (QED) is 0.649. The average molecular weight is 451 g/mol. The molecule has 1 N–H and O–H groups in total. The number of anilines is 1. The molecule has 0 aromatic heterocycles. The van der Waals surface area contributed by atoms with E-state index in [2.05, 4.69) is 5.32 Å². The van der Waals surface area contributed by atoms with Gasteiger partial charge in [-0.15, -0.1) is 0 Å². The number of nitrogens with one attached hydrogen (secondary N) is 1. The summed E-state index contributed by atoms with van der Waals surface area (Å²) in [4.78, 5) is 39.9. The molecule has 0 bridgehead atoms. The Labute approximate surface area is 194 Å². The van der Waals surface area contributed by atoms with Crippen LogP contribution < -0.4 is 19.7 Å². The highest BCUT2D eigenvalue weighted by Gasteiger charge is 2.34. The van der Waals surface area contributed by atoms with E-state index in [0.29, 0.717) is 22.7 Å². The Morgan fingerprint density at radius 3 is 2.70 bits per heavy atom. The van der Waals surface area contributed by atoms with Crippen molar-refractivity contribution in [3.05, 3.63) is 53.6 Å². The topological polar surface area (TPSA) is 84.9 Å². The summed E-state index contributed by atoms with van der Waals surface area (Å²) in [6.45, 7) is 3.39. The maximum Gasteiger partial charge on any atom is 0.265 e. The van der Waals surface area contributed by atoms with Gasteiger partial charge in [0.2, 0.25) is 5.91 Å². The summed E-state index contributed by atoms with van der Waals surface area (Å²) < 4.78 is 11.2. The third kappa shape index (κ3) is 5.35. The molecule has 1 atom stereocenters. The van der Waals surface area contributed by atoms with Crippen molar-refractivity contribution >= 4 is 23.3 Å². The van der Waals surface area contributed by atoms with Gasteiger partial charge in [0, 0.05) is 11.6 Å². The lowest BCUT2D eigenvalue weighted by atomic mass is 9.95. The minimum absolute atomic E-state index is 0.130. The van der Waals surface area contributed by atoms with E-state index in [0.717, 1.165) is 31.2 Å². The number of amides is 2. The van der Waals surface area contributed by atoms with Gasteiger partial charge in [-0.25, -0.2) is 0 Å². The number of hydrogen-bond acceptors (Lipinski definition) is 5. The number of nitrogens with zero attached hydrogens (tertiary/aromatic N) is 1. The fourth-order valence-corrected chi connectivity index (χ4v) is 4.39. The molecule has 0 radical (unpaired) electrons. The van der Waals surface area contributed by atoms with Gasteiger partial charge in [0.25, 0.3) is 5.91 Å². The lowest BCUT2D eigenvalue weighted by Gasteiger charge is -2.34. The van der Waals surface area contributed by atoms with Crippen LogP contribution in [-0.4, -0.2) is 42.9 Å². The van der Waals surface area contributed by atoms with Crippen molar-refractivity contribution < 1.29 is 23.9 Å². The van der Waals surface area contributed by atoms with Crippen LogP contribution in [0.3, 0.4) is 0 Å². The summed E-state index contributed by atoms with van der Waals surface area (Å²) in [5, 5.41) is 3.09. The van der Waals surface area contributed by atoms with Crippen LogP contribution in [0.2, 0.25) is 0 Å². The summed E-state index contributed by atoms with van der Waals surface area (Å²) in [6.07, 6.45) is 5.34. The van der Waals surface area contributed by atoms with Gasteiger partial charge in [0.05, 0.1) is 5.69 Å². The number of hydrogen-bond donors (Lipinski definition) is 1. The second kappa shape index (κ2) is 10.1. The predicted octanol–water partition coefficient (Wildman–Crippen LogP) is 3.82. The van der Waals surface area contributed by atoms with Gasteiger partial charge >= 0.3 is 0 Å². The zero-order chi connectivity index (χ0) is 23.4. The van der Waals surface area contributed by atoms with E-state index in [1.165, 1.54) is 11.3 Å². The van der Waals surface area contributed by atoms with Gasteiger partial charge < -0.3 is 14.8 Å². The molecule has 33 heavy (non-hydrogen) atoms. The molecule has 1 aliphatic heterocycles. The smallest absolute Gasteiger partial charge is 0.265 e. The van der Waals surface area contributed by atoms with E-state index >= 15 is 0 Å². The maximum absolute atomic E-state index is 12.9. The fourth-order valence-electron chi connectivity index (χ4n) is 4.39. The van der Waals surface area contributed by atoms with E-state index in [1.54, 1.807) is 31.2 Å². The van der Waals surface area contributed by atoms with E-state index in [-0.39, 0.29) is 36.9 Å². The van der Waals surface area contributed by atoms with Crippen molar-refractivity contribution in [1.82, 2.24) is 5.32 Å². The Hall–Kier alpha value is -3.35. The van der Waals surface area contributed by atoms with Gasteiger partial charge in [-0.2, -0.15) is 0 Å². The Kier molecular flexibility index (Phi) is 6.96. The molecule has 2 aromatic carbocycles. The first-order valence-electron chi connectivity index (χ1n) is 11.5. The maximum atomic E-state index is 12.9. The monoisotopic (exact) mass is 450 g/mol. The van der Waals surface area contributed by atoms with Crippen molar-refractivity contribution in [3.63, 3.8) is 0 Å². The van der Waals surface area contributed by atoms with Crippen molar-refractivity contribution in [3.8, 4) is 11.5 Å². The van der Waals surface area contributed by atoms with Gasteiger partial charge in [-0.05, 0) is 62.6 Å². The largest absolute Gasteiger partial charge is 0.485 e. The molecular weight excluding hydrogens is 420 g/mol. The molecule has 2 aromatic rings. The summed E-state index contributed by atoms with van der Waals surface area (Å²) >= 11 is 0. The zero-order valence-electron chi connectivity index (χ0n) is 19.1. The third-order valence-electron chi connectivity index (χ3n) is 6.24. The van der Waals surface area contributed by atoms with Crippen LogP contribution in [0.25, 0.3) is 0 Å². The number of carbonyl (C=O) groups is 3. The molecule has 1 fully saturated rings. The highest BCUT2D eigenvalue weighted by molar-refractivity contribution is 6.05. The SMILES string of the molecule is Cc1cccc(OCC(=O)c2ccc3c(c2)N(C(C)C(=O)NC2CCCCC2)C(=O)CO3)c1. The van der Waals surface area contributed by atoms with Crippen molar-refractivity contribution in [2.45, 2.75) is 58.0 Å². The first kappa shape index (κ1) is 22.8. The van der Waals surface area contributed by atoms with Crippen LogP contribution >= 0.6 is 0 Å². The van der Waals surface area contributed by atoms with Crippen LogP contribution in [0.1, 0.15) is 54.9 Å². The first-order chi connectivity index (χ1) is 15.9. The molecule has 1 aliphatic carbocycles. The standard InChI is InChI=1S/C26H30N2O5/c1-17-7-6-10-21(13-17)32-15-23(29)19-11-12-24-22(14-19)28(25(30)16-33-24)18(2)26(31)27-20-8-4-3-5-9-20/h6-7,10-14,18,20H,3-5,8-9,15-16H2,1-2H3,(H,27,31). The van der Waals surface area contributed by atoms with Gasteiger partial charge in [-0.3, -0.25) is 19.3 Å². The van der Waals surface area contributed by atoms with Crippen LogP contribution in [-0.2, 0) is 9.59 Å². The molecule has 2 aliphatic rings. The highest BCUT2D eigenvalue weighted by Crippen LogP contribution is 2.34. The summed E-state index contributed by atoms with van der Waals surface area (Å²) in [5.74, 6) is 0.367. The first-order valence-corrected chi connectivity index (χ1v) is 11.5. The van der Waals surface area contributed by atoms with Crippen molar-refractivity contribution in [2.24, 2.45) is 0 Å². The minimum Gasteiger partial charge on any atom is -0.485 e. The molecule has 1 unspecified atom stereocenters. The van der Waals surface area contributed by atoms with Gasteiger partial charge in [0.1, 0.15) is 17.5 Å². The molecule has 174 valence electrons. The number of ketones is 1. The molecule has 2 amide bonds. The summed E-state index contributed by atoms with van der Waals surface area (Å²) in [5.41, 5.74) is 1.86. The normalized spacial score (nSPS) is 17.0. The van der Waals surface area contributed by atoms with Crippen LogP contribution in [0.15, 0.2) is 42.5 Å². The van der Waals surface area contributed by atoms with Gasteiger partial charge in [-0.1, -0.05) is 31.4 Å². The Balaban J connectivity index is 1.49. The zero-order valence-corrected chi connectivity index (χ0v) is 19.1. The average Bonchev–Trinajstić information content (AvgIpc) is 2.82. The fraction of sp³-hybridized carbons (Fsp3) is 0.423. The third-order valence-corrected chi connectivity index (χ3v) is 6.24. The Morgan fingerprint density at radius 1 is 1.15 bits per heavy atom. The number of aryl methyl sites for hydroxylation is 1. The number of fused-ring (bicyclic) bond motifs is 1. The second-order valence-corrected chi connectivity index (χ2v) is 8.78. The lowest BCUT2D eigenvalue weighted by molar-refractivity contribution is -0.128. The molecular formula is C26H30N2O5. The summed E-state index contributed by atoms with van der Waals surface area (Å²) in [7, 11) is 0. The molecule has 0 spiro atoms. The minimum atomic E-state index is -0.712. The van der Waals surface area contributed by atoms with E-state index in [4.69, 9.17) is 9.47 Å². The number of rotatable bonds is 7. The summed E-state index contributed by atoms with van der Waals surface area (Å²) in [6, 6.07) is 11.9. The molecule has 1 heterocycles. The molecule has 0 saturated heterocycles. The predicted molar refractivity (Wildman–Crippen MR) is 125 cm³/mol. The molecule has 4 rings (SSSR count). The number of benzene rings is 2. The van der Waals surface area contributed by atoms with E-state index in [9.17, 15) is 14.4 Å². The Bertz CT molecular complexity index is 1040. The number of ether oxygens (including phenoxy) is 2. The van der Waals surface area contributed by atoms with Crippen LogP contribution in [0, 0.1) is 6.92 Å². The number of Topliss-reactive ketones (excluding diaryl/α,β-unsaturated/α-hetero) is 1. The van der Waals surface area contributed by atoms with Crippen molar-refractivity contribution in [1.29, 1.82) is 0 Å². The lowest BCUT2D eigenvalue weighted by Crippen LogP contribution is -2.53. The highest BCUT2D eigenvalue weighted by atomic mass is 16.5. The van der Waals surface area contributed by atoms with E-state index < -0.39 is 6.04 Å². The van der Waals surface area contributed by atoms with Crippen LogP contribution in [0.4, 0.5) is 5.69 Å². The molecule has 1 saturated carbocycles. The molecule has 7 nitrogen and oxygen atoms in total. The number of carbonyl (C=O) groups excluding carboxylic acids is 3. The molecule has 7 heteroatoms.